The summed E-state index contributed by atoms with van der Waals surface area (Å²) in [6.45, 7) is 1.69. The maximum atomic E-state index is 14.9. The minimum absolute atomic E-state index is 0.0744. The standard InChI is InChI=1S/C27H27FN4O6P.Al/c28-23-9-6-18(16-22(23)26(34)31-12-10-30(11-13-31)25(33)19-7-8-19)17-24-20-4-1-2-5-21(20)27(35)32(29-24)39(36)37-14-3-15-38-39;/h1-2,4-6,9,14,16,19H,3,7-8,10-13,15,17H2;. The molecule has 6 rings (SSSR count). The molecule has 3 aromatic rings. The third-order valence-corrected chi connectivity index (χ3v) is 9.94. The molecule has 0 N–H and O–H groups in total. The second-order valence-corrected chi connectivity index (χ2v) is 12.8. The van der Waals surface area contributed by atoms with Crippen LogP contribution >= 0.6 is 7.75 Å². The molecular weight excluding hydrogens is 553 g/mol. The van der Waals surface area contributed by atoms with Gasteiger partial charge in [-0.1, -0.05) is 24.3 Å². The molecule has 40 heavy (non-hydrogen) atoms. The highest BCUT2D eigenvalue weighted by molar-refractivity contribution is 7.52. The van der Waals surface area contributed by atoms with Crippen molar-refractivity contribution in [1.82, 2.24) is 19.4 Å². The number of carbonyl (C=O) groups is 2. The second-order valence-electron chi connectivity index (χ2n) is 10.3. The molecule has 1 saturated carbocycles. The molecule has 2 aliphatic heterocycles. The minimum Gasteiger partial charge on any atom is -0.339 e. The molecule has 2 amide bonds. The zero-order chi connectivity index (χ0) is 28.0. The first-order valence-electron chi connectivity index (χ1n) is 13.3. The number of hydrogen-bond acceptors (Lipinski definition) is 7. The average molecular weight is 580 g/mol. The predicted octanol–water partition coefficient (Wildman–Crippen LogP) is 2.71. The van der Waals surface area contributed by atoms with Gasteiger partial charge in [-0.3, -0.25) is 18.9 Å². The van der Waals surface area contributed by atoms with E-state index in [1.54, 1.807) is 40.1 Å². The maximum absolute atomic E-state index is 14.9. The van der Waals surface area contributed by atoms with Gasteiger partial charge < -0.3 is 14.3 Å². The van der Waals surface area contributed by atoms with Gasteiger partial charge in [0.1, 0.15) is 5.82 Å². The predicted molar refractivity (Wildman–Crippen MR) is 145 cm³/mol. The van der Waals surface area contributed by atoms with E-state index in [1.165, 1.54) is 12.1 Å². The van der Waals surface area contributed by atoms with E-state index >= 15 is 0 Å². The van der Waals surface area contributed by atoms with Crippen LogP contribution in [0.2, 0.25) is 0 Å². The first-order chi connectivity index (χ1) is 19.2. The third-order valence-electron chi connectivity index (χ3n) is 7.46. The Kier molecular flexibility index (Phi) is 7.40. The first-order valence-corrected chi connectivity index (χ1v) is 15.5. The van der Waals surface area contributed by atoms with Crippen LogP contribution in [0, 0.1) is 11.7 Å². The molecule has 2 saturated heterocycles. The van der Waals surface area contributed by atoms with Crippen molar-refractivity contribution in [3.05, 3.63) is 75.5 Å². The van der Waals surface area contributed by atoms with Gasteiger partial charge in [0.05, 0.1) is 23.3 Å². The van der Waals surface area contributed by atoms with Crippen molar-refractivity contribution in [2.45, 2.75) is 30.6 Å². The number of carbonyl (C=O) groups excluding carboxylic acids is 2. The first kappa shape index (κ1) is 27.3. The summed E-state index contributed by atoms with van der Waals surface area (Å²) in [5.74, 6) is -0.831. The molecule has 1 aliphatic carbocycles. The fraction of sp³-hybridized carbons (Fsp3) is 0.407. The van der Waals surface area contributed by atoms with Gasteiger partial charge in [0.15, 0.2) is 16.3 Å². The molecule has 13 heteroatoms. The summed E-state index contributed by atoms with van der Waals surface area (Å²) < 4.78 is 40.1. The summed E-state index contributed by atoms with van der Waals surface area (Å²) >= 11 is 2.43. The lowest BCUT2D eigenvalue weighted by Gasteiger charge is -2.35. The molecule has 2 atom stereocenters. The van der Waals surface area contributed by atoms with Crippen LogP contribution < -0.4 is 5.56 Å². The van der Waals surface area contributed by atoms with E-state index in [2.05, 4.69) is 21.4 Å². The molecule has 2 aromatic carbocycles. The van der Waals surface area contributed by atoms with Gasteiger partial charge in [0.25, 0.3) is 11.5 Å². The number of aromatic nitrogens is 2. The molecule has 206 valence electrons. The quantitative estimate of drug-likeness (QED) is 0.337. The van der Waals surface area contributed by atoms with E-state index in [4.69, 9.17) is 9.05 Å². The molecule has 3 fully saturated rings. The van der Waals surface area contributed by atoms with Gasteiger partial charge in [0, 0.05) is 43.9 Å². The van der Waals surface area contributed by atoms with E-state index in [1.807, 2.05) is 0 Å². The number of halogens is 1. The van der Waals surface area contributed by atoms with E-state index in [0.717, 1.165) is 17.3 Å². The van der Waals surface area contributed by atoms with Crippen LogP contribution in [0.4, 0.5) is 4.39 Å². The van der Waals surface area contributed by atoms with Crippen molar-refractivity contribution < 1.29 is 27.6 Å². The Balaban J connectivity index is 1.28. The lowest BCUT2D eigenvalue weighted by Crippen LogP contribution is -2.51. The van der Waals surface area contributed by atoms with Crippen molar-refractivity contribution in [2.75, 3.05) is 32.8 Å². The Labute approximate surface area is 238 Å². The van der Waals surface area contributed by atoms with Crippen LogP contribution in [0.15, 0.2) is 47.3 Å². The number of piperazine rings is 1. The highest BCUT2D eigenvalue weighted by atomic mass is 31.2. The van der Waals surface area contributed by atoms with Crippen LogP contribution in [0.5, 0.6) is 0 Å². The zero-order valence-corrected chi connectivity index (χ0v) is 23.8. The van der Waals surface area contributed by atoms with Crippen molar-refractivity contribution >= 4 is 46.6 Å². The largest absolute Gasteiger partial charge is 0.457 e. The van der Waals surface area contributed by atoms with E-state index in [0.29, 0.717) is 49.2 Å². The second kappa shape index (κ2) is 10.8. The Bertz CT molecular complexity index is 1600. The average Bonchev–Trinajstić information content (AvgIpc) is 3.80. The van der Waals surface area contributed by atoms with E-state index < -0.39 is 30.0 Å². The van der Waals surface area contributed by atoms with Gasteiger partial charge in [-0.25, -0.2) is 8.96 Å². The van der Waals surface area contributed by atoms with Crippen LogP contribution in [0.25, 0.3) is 10.8 Å². The van der Waals surface area contributed by atoms with E-state index in [-0.39, 0.29) is 35.8 Å². The third kappa shape index (κ3) is 5.27. The summed E-state index contributed by atoms with van der Waals surface area (Å²) in [4.78, 5) is 41.8. The van der Waals surface area contributed by atoms with Gasteiger partial charge >= 0.3 is 7.75 Å². The fourth-order valence-corrected chi connectivity index (χ4v) is 7.29. The Hall–Kier alpha value is -2.87. The summed E-state index contributed by atoms with van der Waals surface area (Å²) in [5.41, 5.74) is 0.314. The molecule has 3 aliphatic rings. The lowest BCUT2D eigenvalue weighted by molar-refractivity contribution is -0.134. The molecule has 1 aromatic heterocycles. The van der Waals surface area contributed by atoms with Crippen LogP contribution in [-0.2, 0) is 24.8 Å². The van der Waals surface area contributed by atoms with Gasteiger partial charge in [-0.15, -0.1) is 4.45 Å². The van der Waals surface area contributed by atoms with Crippen molar-refractivity contribution in [3.63, 3.8) is 0 Å². The molecule has 2 unspecified atom stereocenters. The number of nitrogens with zero attached hydrogens (tertiary/aromatic N) is 4. The summed E-state index contributed by atoms with van der Waals surface area (Å²) in [6.07, 6.45) is 2.48. The van der Waals surface area contributed by atoms with Crippen molar-refractivity contribution in [3.8, 4) is 0 Å². The zero-order valence-electron chi connectivity index (χ0n) is 21.7. The number of rotatable bonds is 5. The molecular formula is C27H27AlFN4O6P. The Morgan fingerprint density at radius 1 is 1.02 bits per heavy atom. The van der Waals surface area contributed by atoms with E-state index in [9.17, 15) is 23.3 Å². The normalized spacial score (nSPS) is 23.4. The topological polar surface area (TPSA) is 111 Å². The van der Waals surface area contributed by atoms with Crippen LogP contribution in [0.3, 0.4) is 0 Å². The minimum atomic E-state index is -4.04. The molecule has 0 bridgehead atoms. The smallest absolute Gasteiger partial charge is 0.339 e. The Morgan fingerprint density at radius 2 is 1.73 bits per heavy atom. The van der Waals surface area contributed by atoms with Crippen molar-refractivity contribution in [2.24, 2.45) is 5.92 Å². The van der Waals surface area contributed by atoms with Gasteiger partial charge in [-0.2, -0.15) is 5.10 Å². The summed E-state index contributed by atoms with van der Waals surface area (Å²) in [7, 11) is -4.04. The lowest BCUT2D eigenvalue weighted by atomic mass is 10.0. The highest BCUT2D eigenvalue weighted by Crippen LogP contribution is 2.51. The van der Waals surface area contributed by atoms with Gasteiger partial charge in [-0.05, 0) is 48.0 Å². The maximum Gasteiger partial charge on any atom is 0.457 e. The summed E-state index contributed by atoms with van der Waals surface area (Å²) in [6, 6.07) is 11.1. The fourth-order valence-electron chi connectivity index (χ4n) is 5.11. The monoisotopic (exact) mass is 580 g/mol. The molecule has 10 nitrogen and oxygen atoms in total. The molecule has 0 spiro atoms. The van der Waals surface area contributed by atoms with Crippen LogP contribution in [0.1, 0.15) is 40.9 Å². The van der Waals surface area contributed by atoms with Crippen molar-refractivity contribution in [1.29, 1.82) is 0 Å². The SMILES string of the molecule is O=C(c1cc(Cc2nn(P3(=O)OCC[CH]([Al])O3)c(=O)c3ccccc23)ccc1F)N1CCN(C(=O)C2CC2)CC1. The number of fused-ring (bicyclic) bond motifs is 1. The summed E-state index contributed by atoms with van der Waals surface area (Å²) in [5, 5.41) is 5.25. The number of amides is 2. The van der Waals surface area contributed by atoms with Gasteiger partial charge in [0.2, 0.25) is 5.91 Å². The van der Waals surface area contributed by atoms with Crippen LogP contribution in [-0.4, -0.2) is 85.2 Å². The molecule has 2 radical (unpaired) electrons. The number of benzene rings is 2. The highest BCUT2D eigenvalue weighted by Gasteiger charge is 2.37. The number of hydrogen-bond donors (Lipinski definition) is 0. The molecule has 3 heterocycles. The Morgan fingerprint density at radius 3 is 2.42 bits per heavy atom.